The first kappa shape index (κ1) is 15.8. The van der Waals surface area contributed by atoms with Gasteiger partial charge in [0, 0.05) is 18.5 Å². The van der Waals surface area contributed by atoms with Crippen molar-refractivity contribution in [3.05, 3.63) is 52.9 Å². The van der Waals surface area contributed by atoms with Gasteiger partial charge in [-0.1, -0.05) is 31.1 Å². The van der Waals surface area contributed by atoms with Crippen molar-refractivity contribution < 1.29 is 19.2 Å². The molecule has 0 fully saturated rings. The van der Waals surface area contributed by atoms with Crippen molar-refractivity contribution >= 4 is 11.9 Å². The molecule has 1 amide bonds. The molecule has 0 aliphatic rings. The largest absolute Gasteiger partial charge is 0.478 e. The highest BCUT2D eigenvalue weighted by Gasteiger charge is 2.13. The number of nitrogens with one attached hydrogen (secondary N) is 1. The second kappa shape index (κ2) is 6.89. The molecule has 0 spiro atoms. The van der Waals surface area contributed by atoms with Crippen LogP contribution in [0.25, 0.3) is 0 Å². The molecule has 2 aromatic rings. The van der Waals surface area contributed by atoms with E-state index in [9.17, 15) is 9.59 Å². The molecule has 2 rings (SSSR count). The van der Waals surface area contributed by atoms with Crippen molar-refractivity contribution in [1.82, 2.24) is 10.5 Å². The summed E-state index contributed by atoms with van der Waals surface area (Å²) < 4.78 is 5.08. The normalized spacial score (nSPS) is 10.7. The van der Waals surface area contributed by atoms with Crippen molar-refractivity contribution in [1.29, 1.82) is 0 Å². The molecule has 0 saturated heterocycles. The molecular formula is C16H18N2O4. The van der Waals surface area contributed by atoms with E-state index in [0.717, 1.165) is 5.56 Å². The van der Waals surface area contributed by atoms with Crippen molar-refractivity contribution in [3.8, 4) is 0 Å². The summed E-state index contributed by atoms with van der Waals surface area (Å²) >= 11 is 0. The van der Waals surface area contributed by atoms with Crippen LogP contribution in [0.15, 0.2) is 34.9 Å². The predicted molar refractivity (Wildman–Crippen MR) is 80.0 cm³/mol. The molecule has 116 valence electrons. The number of aromatic nitrogens is 1. The van der Waals surface area contributed by atoms with Gasteiger partial charge in [0.1, 0.15) is 5.76 Å². The third-order valence-electron chi connectivity index (χ3n) is 3.23. The summed E-state index contributed by atoms with van der Waals surface area (Å²) in [6, 6.07) is 8.21. The summed E-state index contributed by atoms with van der Waals surface area (Å²) in [5.74, 6) is -0.374. The average molecular weight is 302 g/mol. The van der Waals surface area contributed by atoms with Crippen molar-refractivity contribution in [2.45, 2.75) is 26.2 Å². The van der Waals surface area contributed by atoms with E-state index in [1.807, 2.05) is 13.8 Å². The molecule has 0 saturated carbocycles. The first-order valence-electron chi connectivity index (χ1n) is 7.04. The lowest BCUT2D eigenvalue weighted by Crippen LogP contribution is -2.25. The van der Waals surface area contributed by atoms with Crippen LogP contribution in [0, 0.1) is 0 Å². The van der Waals surface area contributed by atoms with Gasteiger partial charge in [0.25, 0.3) is 5.91 Å². The Balaban J connectivity index is 1.84. The van der Waals surface area contributed by atoms with Crippen LogP contribution in [0.5, 0.6) is 0 Å². The fourth-order valence-electron chi connectivity index (χ4n) is 1.89. The minimum Gasteiger partial charge on any atom is -0.478 e. The Labute approximate surface area is 128 Å². The summed E-state index contributed by atoms with van der Waals surface area (Å²) in [7, 11) is 0. The monoisotopic (exact) mass is 302 g/mol. The van der Waals surface area contributed by atoms with E-state index in [4.69, 9.17) is 9.63 Å². The number of amides is 1. The molecular weight excluding hydrogens is 284 g/mol. The van der Waals surface area contributed by atoms with Crippen LogP contribution in [0.1, 0.15) is 51.9 Å². The second-order valence-corrected chi connectivity index (χ2v) is 5.28. The summed E-state index contributed by atoms with van der Waals surface area (Å²) in [6.07, 6.45) is 0.612. The van der Waals surface area contributed by atoms with E-state index in [-0.39, 0.29) is 23.1 Å². The molecule has 0 atom stereocenters. The van der Waals surface area contributed by atoms with Gasteiger partial charge < -0.3 is 14.9 Å². The summed E-state index contributed by atoms with van der Waals surface area (Å²) in [5.41, 5.74) is 1.47. The van der Waals surface area contributed by atoms with Crippen LogP contribution in [0.3, 0.4) is 0 Å². The zero-order chi connectivity index (χ0) is 16.1. The maximum atomic E-state index is 11.9. The maximum absolute atomic E-state index is 11.9. The van der Waals surface area contributed by atoms with Crippen LogP contribution in [0.4, 0.5) is 0 Å². The van der Waals surface area contributed by atoms with Crippen molar-refractivity contribution in [2.24, 2.45) is 0 Å². The number of carbonyl (C=O) groups excluding carboxylic acids is 1. The first-order chi connectivity index (χ1) is 10.5. The third kappa shape index (κ3) is 3.94. The third-order valence-corrected chi connectivity index (χ3v) is 3.23. The number of carboxylic acid groups (broad SMARTS) is 1. The number of carbonyl (C=O) groups is 2. The molecule has 0 unspecified atom stereocenters. The molecule has 22 heavy (non-hydrogen) atoms. The molecule has 0 bridgehead atoms. The molecule has 0 aliphatic carbocycles. The van der Waals surface area contributed by atoms with Crippen LogP contribution >= 0.6 is 0 Å². The number of rotatable bonds is 6. The van der Waals surface area contributed by atoms with Gasteiger partial charge in [0.05, 0.1) is 5.56 Å². The van der Waals surface area contributed by atoms with Crippen LogP contribution in [-0.2, 0) is 6.42 Å². The zero-order valence-corrected chi connectivity index (χ0v) is 12.5. The number of hydrogen-bond acceptors (Lipinski definition) is 4. The highest BCUT2D eigenvalue weighted by molar-refractivity contribution is 5.92. The molecule has 1 aromatic heterocycles. The van der Waals surface area contributed by atoms with Crippen LogP contribution in [0.2, 0.25) is 0 Å². The average Bonchev–Trinajstić information content (AvgIpc) is 2.98. The van der Waals surface area contributed by atoms with Crippen molar-refractivity contribution in [3.63, 3.8) is 0 Å². The summed E-state index contributed by atoms with van der Waals surface area (Å²) in [5, 5.41) is 15.3. The SMILES string of the molecule is CC(C)c1cc(C(=O)NCCc2ccc(C(=O)O)cc2)no1. The Kier molecular flexibility index (Phi) is 4.93. The van der Waals surface area contributed by atoms with Gasteiger partial charge in [-0.2, -0.15) is 0 Å². The fourth-order valence-corrected chi connectivity index (χ4v) is 1.89. The number of benzene rings is 1. The lowest BCUT2D eigenvalue weighted by Gasteiger charge is -2.03. The summed E-state index contributed by atoms with van der Waals surface area (Å²) in [4.78, 5) is 22.7. The van der Waals surface area contributed by atoms with Crippen molar-refractivity contribution in [2.75, 3.05) is 6.54 Å². The standard InChI is InChI=1S/C16H18N2O4/c1-10(2)14-9-13(18-22-14)15(19)17-8-7-11-3-5-12(6-4-11)16(20)21/h3-6,9-10H,7-8H2,1-2H3,(H,17,19)(H,20,21). The molecule has 0 radical (unpaired) electrons. The van der Waals surface area contributed by atoms with Gasteiger partial charge >= 0.3 is 5.97 Å². The fraction of sp³-hybridized carbons (Fsp3) is 0.312. The highest BCUT2D eigenvalue weighted by atomic mass is 16.5. The minimum absolute atomic E-state index is 0.182. The van der Waals surface area contributed by atoms with Crippen LogP contribution in [-0.4, -0.2) is 28.7 Å². The Morgan fingerprint density at radius 1 is 1.27 bits per heavy atom. The molecule has 6 heteroatoms. The molecule has 1 heterocycles. The molecule has 6 nitrogen and oxygen atoms in total. The van der Waals surface area contributed by atoms with Crippen LogP contribution < -0.4 is 5.32 Å². The Morgan fingerprint density at radius 3 is 2.50 bits per heavy atom. The lowest BCUT2D eigenvalue weighted by molar-refractivity contribution is 0.0696. The van der Waals surface area contributed by atoms with E-state index in [0.29, 0.717) is 18.7 Å². The van der Waals surface area contributed by atoms with E-state index >= 15 is 0 Å². The quantitative estimate of drug-likeness (QED) is 0.855. The van der Waals surface area contributed by atoms with E-state index in [1.54, 1.807) is 30.3 Å². The van der Waals surface area contributed by atoms with E-state index in [2.05, 4.69) is 10.5 Å². The van der Waals surface area contributed by atoms with Gasteiger partial charge in [-0.3, -0.25) is 4.79 Å². The number of nitrogens with zero attached hydrogens (tertiary/aromatic N) is 1. The minimum atomic E-state index is -0.952. The number of carboxylic acids is 1. The number of aromatic carboxylic acids is 1. The molecule has 2 N–H and O–H groups in total. The van der Waals surface area contributed by atoms with E-state index < -0.39 is 5.97 Å². The van der Waals surface area contributed by atoms with Gasteiger partial charge in [0.15, 0.2) is 5.69 Å². The Bertz CT molecular complexity index is 659. The van der Waals surface area contributed by atoms with E-state index in [1.165, 1.54) is 0 Å². The molecule has 1 aromatic carbocycles. The van der Waals surface area contributed by atoms with Gasteiger partial charge in [-0.05, 0) is 24.1 Å². The summed E-state index contributed by atoms with van der Waals surface area (Å²) in [6.45, 7) is 4.36. The van der Waals surface area contributed by atoms with Gasteiger partial charge in [0.2, 0.25) is 0 Å². The smallest absolute Gasteiger partial charge is 0.335 e. The topological polar surface area (TPSA) is 92.4 Å². The van der Waals surface area contributed by atoms with Gasteiger partial charge in [-0.15, -0.1) is 0 Å². The number of hydrogen-bond donors (Lipinski definition) is 2. The predicted octanol–water partition coefficient (Wildman–Crippen LogP) is 2.47. The Hall–Kier alpha value is -2.63. The lowest BCUT2D eigenvalue weighted by atomic mass is 10.1. The van der Waals surface area contributed by atoms with Gasteiger partial charge in [-0.25, -0.2) is 4.79 Å². The maximum Gasteiger partial charge on any atom is 0.335 e. The first-order valence-corrected chi connectivity index (χ1v) is 7.04. The highest BCUT2D eigenvalue weighted by Crippen LogP contribution is 2.14. The zero-order valence-electron chi connectivity index (χ0n) is 12.5. The molecule has 0 aliphatic heterocycles. The second-order valence-electron chi connectivity index (χ2n) is 5.28. The Morgan fingerprint density at radius 2 is 1.95 bits per heavy atom.